The summed E-state index contributed by atoms with van der Waals surface area (Å²) in [6.07, 6.45) is 3.91. The number of carbonyl (C=O) groups is 2. The van der Waals surface area contributed by atoms with Crippen molar-refractivity contribution in [3.05, 3.63) is 77.4 Å². The molecule has 154 valence electrons. The SMILES string of the molecule is Cc1cccc(N2C[C@H](C(=O)NCc3ccccc3-n3ccnc3C)CC2=O)c1C. The van der Waals surface area contributed by atoms with Gasteiger partial charge in [0.15, 0.2) is 0 Å². The Balaban J connectivity index is 1.46. The van der Waals surface area contributed by atoms with Crippen molar-refractivity contribution in [3.8, 4) is 5.69 Å². The van der Waals surface area contributed by atoms with E-state index in [1.807, 2.05) is 74.0 Å². The summed E-state index contributed by atoms with van der Waals surface area (Å²) in [5.41, 5.74) is 5.11. The Bertz CT molecular complexity index is 1100. The number of aromatic nitrogens is 2. The van der Waals surface area contributed by atoms with Crippen molar-refractivity contribution >= 4 is 17.5 Å². The Morgan fingerprint density at radius 2 is 1.87 bits per heavy atom. The highest BCUT2D eigenvalue weighted by Gasteiger charge is 2.35. The van der Waals surface area contributed by atoms with Gasteiger partial charge in [0, 0.05) is 37.6 Å². The number of aryl methyl sites for hydroxylation is 2. The molecule has 0 aliphatic carbocycles. The number of hydrogen-bond acceptors (Lipinski definition) is 3. The molecule has 2 aromatic carbocycles. The lowest BCUT2D eigenvalue weighted by molar-refractivity contribution is -0.126. The maximum Gasteiger partial charge on any atom is 0.227 e. The van der Waals surface area contributed by atoms with E-state index in [1.54, 1.807) is 11.1 Å². The molecule has 6 nitrogen and oxygen atoms in total. The minimum absolute atomic E-state index is 0.00158. The van der Waals surface area contributed by atoms with Crippen molar-refractivity contribution in [1.82, 2.24) is 14.9 Å². The van der Waals surface area contributed by atoms with Crippen molar-refractivity contribution in [3.63, 3.8) is 0 Å². The van der Waals surface area contributed by atoms with Crippen LogP contribution >= 0.6 is 0 Å². The van der Waals surface area contributed by atoms with E-state index in [9.17, 15) is 9.59 Å². The van der Waals surface area contributed by atoms with Crippen LogP contribution in [-0.4, -0.2) is 27.9 Å². The van der Waals surface area contributed by atoms with Gasteiger partial charge in [-0.15, -0.1) is 0 Å². The first-order valence-electron chi connectivity index (χ1n) is 10.2. The molecule has 1 N–H and O–H groups in total. The smallest absolute Gasteiger partial charge is 0.227 e. The molecule has 1 atom stereocenters. The number of nitrogens with zero attached hydrogens (tertiary/aromatic N) is 3. The van der Waals surface area contributed by atoms with E-state index in [1.165, 1.54) is 0 Å². The summed E-state index contributed by atoms with van der Waals surface area (Å²) in [6.45, 7) is 6.81. The summed E-state index contributed by atoms with van der Waals surface area (Å²) in [4.78, 5) is 31.5. The Kier molecular flexibility index (Phi) is 5.40. The van der Waals surface area contributed by atoms with Crippen LogP contribution in [0.5, 0.6) is 0 Å². The van der Waals surface area contributed by atoms with Crippen LogP contribution in [0.25, 0.3) is 5.69 Å². The first kappa shape index (κ1) is 19.9. The van der Waals surface area contributed by atoms with Crippen LogP contribution in [0.1, 0.15) is 28.9 Å². The molecule has 2 heterocycles. The monoisotopic (exact) mass is 402 g/mol. The van der Waals surface area contributed by atoms with Gasteiger partial charge in [-0.2, -0.15) is 0 Å². The van der Waals surface area contributed by atoms with Crippen LogP contribution in [-0.2, 0) is 16.1 Å². The molecule has 1 aromatic heterocycles. The van der Waals surface area contributed by atoms with Gasteiger partial charge in [0.25, 0.3) is 0 Å². The van der Waals surface area contributed by atoms with Crippen molar-refractivity contribution in [2.75, 3.05) is 11.4 Å². The number of carbonyl (C=O) groups excluding carboxylic acids is 2. The van der Waals surface area contributed by atoms with Gasteiger partial charge in [-0.05, 0) is 49.6 Å². The van der Waals surface area contributed by atoms with E-state index in [-0.39, 0.29) is 24.2 Å². The molecule has 3 aromatic rings. The van der Waals surface area contributed by atoms with Gasteiger partial charge < -0.3 is 14.8 Å². The fraction of sp³-hybridized carbons (Fsp3) is 0.292. The number of benzene rings is 2. The maximum atomic E-state index is 12.8. The average Bonchev–Trinajstić information content (AvgIpc) is 3.34. The number of anilines is 1. The van der Waals surface area contributed by atoms with E-state index >= 15 is 0 Å². The Labute approximate surface area is 176 Å². The Morgan fingerprint density at radius 1 is 1.10 bits per heavy atom. The molecule has 1 aliphatic heterocycles. The molecule has 2 amide bonds. The molecule has 0 spiro atoms. The van der Waals surface area contributed by atoms with Gasteiger partial charge in [-0.1, -0.05) is 30.3 Å². The fourth-order valence-corrected chi connectivity index (χ4v) is 4.00. The molecule has 30 heavy (non-hydrogen) atoms. The van der Waals surface area contributed by atoms with E-state index in [2.05, 4.69) is 10.3 Å². The van der Waals surface area contributed by atoms with Crippen LogP contribution in [0.15, 0.2) is 54.9 Å². The fourth-order valence-electron chi connectivity index (χ4n) is 4.00. The zero-order valence-electron chi connectivity index (χ0n) is 17.6. The van der Waals surface area contributed by atoms with Gasteiger partial charge in [0.05, 0.1) is 11.6 Å². The van der Waals surface area contributed by atoms with Crippen molar-refractivity contribution in [2.45, 2.75) is 33.7 Å². The normalized spacial score (nSPS) is 16.2. The number of para-hydroxylation sites is 1. The highest BCUT2D eigenvalue weighted by molar-refractivity contribution is 6.00. The van der Waals surface area contributed by atoms with E-state index in [0.717, 1.165) is 33.9 Å². The Hall–Kier alpha value is -3.41. The second-order valence-electron chi connectivity index (χ2n) is 7.82. The second-order valence-corrected chi connectivity index (χ2v) is 7.82. The topological polar surface area (TPSA) is 67.2 Å². The van der Waals surface area contributed by atoms with Crippen LogP contribution in [0.3, 0.4) is 0 Å². The molecule has 0 unspecified atom stereocenters. The van der Waals surface area contributed by atoms with Gasteiger partial charge in [0.2, 0.25) is 11.8 Å². The van der Waals surface area contributed by atoms with Gasteiger partial charge in [0.1, 0.15) is 5.82 Å². The number of nitrogens with one attached hydrogen (secondary N) is 1. The van der Waals surface area contributed by atoms with Crippen LogP contribution in [0, 0.1) is 26.7 Å². The molecule has 1 aliphatic rings. The van der Waals surface area contributed by atoms with E-state index < -0.39 is 0 Å². The third-order valence-electron chi connectivity index (χ3n) is 5.89. The molecule has 4 rings (SSSR count). The molecular weight excluding hydrogens is 376 g/mol. The maximum absolute atomic E-state index is 12.8. The van der Waals surface area contributed by atoms with E-state index in [0.29, 0.717) is 13.1 Å². The van der Waals surface area contributed by atoms with Crippen LogP contribution in [0.4, 0.5) is 5.69 Å². The van der Waals surface area contributed by atoms with Crippen molar-refractivity contribution < 1.29 is 9.59 Å². The lowest BCUT2D eigenvalue weighted by Crippen LogP contribution is -2.33. The highest BCUT2D eigenvalue weighted by Crippen LogP contribution is 2.29. The van der Waals surface area contributed by atoms with Crippen LogP contribution in [0.2, 0.25) is 0 Å². The van der Waals surface area contributed by atoms with E-state index in [4.69, 9.17) is 0 Å². The minimum atomic E-state index is -0.348. The molecule has 0 saturated carbocycles. The third-order valence-corrected chi connectivity index (χ3v) is 5.89. The highest BCUT2D eigenvalue weighted by atomic mass is 16.2. The Morgan fingerprint density at radius 3 is 2.63 bits per heavy atom. The molecule has 0 bridgehead atoms. The lowest BCUT2D eigenvalue weighted by atomic mass is 10.1. The largest absolute Gasteiger partial charge is 0.352 e. The van der Waals surface area contributed by atoms with Gasteiger partial charge in [-0.25, -0.2) is 4.98 Å². The molecule has 1 saturated heterocycles. The number of amides is 2. The molecule has 0 radical (unpaired) electrons. The summed E-state index contributed by atoms with van der Waals surface area (Å²) in [5.74, 6) is 0.450. The molecule has 6 heteroatoms. The van der Waals surface area contributed by atoms with Crippen molar-refractivity contribution in [2.24, 2.45) is 5.92 Å². The predicted molar refractivity (Wildman–Crippen MR) is 117 cm³/mol. The average molecular weight is 402 g/mol. The standard InChI is InChI=1S/C24H26N4O2/c1-16-7-6-10-21(17(16)2)28-15-20(13-23(28)29)24(30)26-14-19-8-4-5-9-22(19)27-12-11-25-18(27)3/h4-12,20H,13-15H2,1-3H3,(H,26,30)/t20-/m1/s1. The van der Waals surface area contributed by atoms with Crippen LogP contribution < -0.4 is 10.2 Å². The van der Waals surface area contributed by atoms with Gasteiger partial charge in [-0.3, -0.25) is 9.59 Å². The first-order valence-corrected chi connectivity index (χ1v) is 10.2. The second kappa shape index (κ2) is 8.14. The number of rotatable bonds is 5. The summed E-state index contributed by atoms with van der Waals surface area (Å²) in [6, 6.07) is 13.9. The van der Waals surface area contributed by atoms with Gasteiger partial charge >= 0.3 is 0 Å². The zero-order chi connectivity index (χ0) is 21.3. The third kappa shape index (κ3) is 3.73. The number of hydrogen-bond donors (Lipinski definition) is 1. The summed E-state index contributed by atoms with van der Waals surface area (Å²) >= 11 is 0. The molecule has 1 fully saturated rings. The van der Waals surface area contributed by atoms with Crippen molar-refractivity contribution in [1.29, 1.82) is 0 Å². The zero-order valence-corrected chi connectivity index (χ0v) is 17.6. The summed E-state index contributed by atoms with van der Waals surface area (Å²) < 4.78 is 2.00. The molecular formula is C24H26N4O2. The lowest BCUT2D eigenvalue weighted by Gasteiger charge is -2.20. The quantitative estimate of drug-likeness (QED) is 0.711. The first-order chi connectivity index (χ1) is 14.5. The predicted octanol–water partition coefficient (Wildman–Crippen LogP) is 3.47. The summed E-state index contributed by atoms with van der Waals surface area (Å²) in [5, 5.41) is 3.03. The summed E-state index contributed by atoms with van der Waals surface area (Å²) in [7, 11) is 0. The minimum Gasteiger partial charge on any atom is -0.352 e. The number of imidazole rings is 1.